The van der Waals surface area contributed by atoms with E-state index in [2.05, 4.69) is 0 Å². The molecular weight excluding hydrogens is 398 g/mol. The first-order chi connectivity index (χ1) is 15.6. The maximum atomic E-state index is 13.5. The van der Waals surface area contributed by atoms with Crippen molar-refractivity contribution in [2.24, 2.45) is 0 Å². The van der Waals surface area contributed by atoms with Crippen molar-refractivity contribution in [3.8, 4) is 0 Å². The van der Waals surface area contributed by atoms with Crippen LogP contribution < -0.4 is 4.90 Å². The van der Waals surface area contributed by atoms with Crippen molar-refractivity contribution in [1.29, 1.82) is 0 Å². The maximum absolute atomic E-state index is 13.5. The standard InChI is InChI=1S/C28H23NO3/c30-26(23-14-8-12-21-11-4-5-13-22(21)23)19-28(32)24-15-6-7-16-25(24)29(27(28)31)18-17-20-9-2-1-3-10-20/h1-16,32H,17-19H2/t28-/m1/s1. The molecule has 5 rings (SSSR count). The van der Waals surface area contributed by atoms with Gasteiger partial charge in [-0.3, -0.25) is 9.59 Å². The molecule has 1 aliphatic rings. The number of carbonyl (C=O) groups excluding carboxylic acids is 2. The number of anilines is 1. The van der Waals surface area contributed by atoms with Crippen LogP contribution in [0.4, 0.5) is 5.69 Å². The van der Waals surface area contributed by atoms with Crippen molar-refractivity contribution in [2.75, 3.05) is 11.4 Å². The highest BCUT2D eigenvalue weighted by Crippen LogP contribution is 2.43. The van der Waals surface area contributed by atoms with Gasteiger partial charge in [0.2, 0.25) is 0 Å². The number of nitrogens with zero attached hydrogens (tertiary/aromatic N) is 1. The SMILES string of the molecule is O=C(C[C@]1(O)C(=O)N(CCc2ccccc2)c2ccccc21)c1cccc2ccccc12. The third-order valence-corrected chi connectivity index (χ3v) is 6.21. The zero-order valence-corrected chi connectivity index (χ0v) is 17.6. The molecule has 0 radical (unpaired) electrons. The lowest BCUT2D eigenvalue weighted by atomic mass is 9.87. The summed E-state index contributed by atoms with van der Waals surface area (Å²) in [6, 6.07) is 30.3. The summed E-state index contributed by atoms with van der Waals surface area (Å²) in [4.78, 5) is 28.4. The van der Waals surface area contributed by atoms with Gasteiger partial charge in [0.15, 0.2) is 11.4 Å². The van der Waals surface area contributed by atoms with E-state index in [1.165, 1.54) is 0 Å². The largest absolute Gasteiger partial charge is 0.375 e. The molecule has 4 aromatic rings. The highest BCUT2D eigenvalue weighted by atomic mass is 16.3. The third kappa shape index (κ3) is 3.39. The normalized spacial score (nSPS) is 17.5. The average Bonchev–Trinajstić information content (AvgIpc) is 3.04. The number of hydrogen-bond acceptors (Lipinski definition) is 3. The smallest absolute Gasteiger partial charge is 0.264 e. The number of hydrogen-bond donors (Lipinski definition) is 1. The second kappa shape index (κ2) is 8.06. The Balaban J connectivity index is 1.46. The van der Waals surface area contributed by atoms with Crippen LogP contribution in [0.3, 0.4) is 0 Å². The van der Waals surface area contributed by atoms with Crippen molar-refractivity contribution >= 4 is 28.2 Å². The molecule has 158 valence electrons. The number of benzene rings is 4. The molecule has 1 N–H and O–H groups in total. The first-order valence-corrected chi connectivity index (χ1v) is 10.8. The van der Waals surface area contributed by atoms with Gasteiger partial charge >= 0.3 is 0 Å². The van der Waals surface area contributed by atoms with Crippen LogP contribution in [-0.4, -0.2) is 23.3 Å². The summed E-state index contributed by atoms with van der Waals surface area (Å²) in [6.07, 6.45) is 0.368. The fraction of sp³-hybridized carbons (Fsp3) is 0.143. The van der Waals surface area contributed by atoms with Gasteiger partial charge in [-0.2, -0.15) is 0 Å². The zero-order chi connectivity index (χ0) is 22.1. The number of rotatable bonds is 6. The van der Waals surface area contributed by atoms with E-state index in [9.17, 15) is 14.7 Å². The molecule has 0 fully saturated rings. The van der Waals surface area contributed by atoms with E-state index in [-0.39, 0.29) is 12.2 Å². The van der Waals surface area contributed by atoms with E-state index in [1.54, 1.807) is 23.1 Å². The number of carbonyl (C=O) groups is 2. The Labute approximate surface area is 186 Å². The molecule has 0 aromatic heterocycles. The summed E-state index contributed by atoms with van der Waals surface area (Å²) in [5.74, 6) is -0.694. The van der Waals surface area contributed by atoms with Crippen molar-refractivity contribution < 1.29 is 14.7 Å². The van der Waals surface area contributed by atoms with E-state index in [1.807, 2.05) is 78.9 Å². The monoisotopic (exact) mass is 421 g/mol. The molecule has 1 aliphatic heterocycles. The zero-order valence-electron chi connectivity index (χ0n) is 17.6. The van der Waals surface area contributed by atoms with Crippen LogP contribution in [0.1, 0.15) is 27.9 Å². The number of Topliss-reactive ketones (excluding diaryl/α,β-unsaturated/α-hetero) is 1. The lowest BCUT2D eigenvalue weighted by Gasteiger charge is -2.23. The lowest BCUT2D eigenvalue weighted by Crippen LogP contribution is -2.42. The van der Waals surface area contributed by atoms with Crippen molar-refractivity contribution in [1.82, 2.24) is 0 Å². The molecule has 4 aromatic carbocycles. The first kappa shape index (κ1) is 20.2. The van der Waals surface area contributed by atoms with E-state index < -0.39 is 11.5 Å². The summed E-state index contributed by atoms with van der Waals surface area (Å²) in [7, 11) is 0. The molecular formula is C28H23NO3. The molecule has 4 nitrogen and oxygen atoms in total. The molecule has 0 saturated heterocycles. The molecule has 0 saturated carbocycles. The van der Waals surface area contributed by atoms with Gasteiger partial charge in [-0.25, -0.2) is 0 Å². The van der Waals surface area contributed by atoms with Gasteiger partial charge in [-0.05, 0) is 28.8 Å². The Morgan fingerprint density at radius 1 is 0.812 bits per heavy atom. The molecule has 0 unspecified atom stereocenters. The summed E-state index contributed by atoms with van der Waals surface area (Å²) in [5.41, 5.74) is 0.916. The van der Waals surface area contributed by atoms with Crippen molar-refractivity contribution in [3.05, 3.63) is 114 Å². The van der Waals surface area contributed by atoms with Crippen LogP contribution in [0.15, 0.2) is 97.1 Å². The summed E-state index contributed by atoms with van der Waals surface area (Å²) in [6.45, 7) is 0.435. The summed E-state index contributed by atoms with van der Waals surface area (Å²) in [5, 5.41) is 13.3. The Bertz CT molecular complexity index is 1310. The molecule has 1 atom stereocenters. The molecule has 0 aliphatic carbocycles. The van der Waals surface area contributed by atoms with Crippen LogP contribution in [-0.2, 0) is 16.8 Å². The van der Waals surface area contributed by atoms with Crippen LogP contribution in [0.2, 0.25) is 0 Å². The number of para-hydroxylation sites is 1. The number of aliphatic hydroxyl groups is 1. The topological polar surface area (TPSA) is 57.6 Å². The van der Waals surface area contributed by atoms with Crippen LogP contribution >= 0.6 is 0 Å². The molecule has 0 spiro atoms. The predicted molar refractivity (Wildman–Crippen MR) is 126 cm³/mol. The van der Waals surface area contributed by atoms with E-state index >= 15 is 0 Å². The van der Waals surface area contributed by atoms with Gasteiger partial charge in [-0.15, -0.1) is 0 Å². The average molecular weight is 421 g/mol. The number of ketones is 1. The quantitative estimate of drug-likeness (QED) is 0.451. The Morgan fingerprint density at radius 2 is 1.50 bits per heavy atom. The van der Waals surface area contributed by atoms with Gasteiger partial charge in [0, 0.05) is 17.7 Å². The second-order valence-corrected chi connectivity index (χ2v) is 8.20. The predicted octanol–water partition coefficient (Wildman–Crippen LogP) is 4.89. The van der Waals surface area contributed by atoms with E-state index in [0.717, 1.165) is 16.3 Å². The van der Waals surface area contributed by atoms with Gasteiger partial charge < -0.3 is 10.0 Å². The van der Waals surface area contributed by atoms with Crippen molar-refractivity contribution in [3.63, 3.8) is 0 Å². The fourth-order valence-electron chi connectivity index (χ4n) is 4.58. The summed E-state index contributed by atoms with van der Waals surface area (Å²) < 4.78 is 0. The Hall–Kier alpha value is -3.76. The van der Waals surface area contributed by atoms with Gasteiger partial charge in [0.25, 0.3) is 5.91 Å². The minimum absolute atomic E-state index is 0.252. The highest BCUT2D eigenvalue weighted by Gasteiger charge is 2.50. The highest BCUT2D eigenvalue weighted by molar-refractivity contribution is 6.13. The molecule has 32 heavy (non-hydrogen) atoms. The van der Waals surface area contributed by atoms with Gasteiger partial charge in [-0.1, -0.05) is 91.0 Å². The van der Waals surface area contributed by atoms with Crippen LogP contribution in [0, 0.1) is 0 Å². The maximum Gasteiger partial charge on any atom is 0.264 e. The van der Waals surface area contributed by atoms with Crippen LogP contribution in [0.25, 0.3) is 10.8 Å². The van der Waals surface area contributed by atoms with Crippen LogP contribution in [0.5, 0.6) is 0 Å². The van der Waals surface area contributed by atoms with Gasteiger partial charge in [0.05, 0.1) is 12.1 Å². The van der Waals surface area contributed by atoms with E-state index in [4.69, 9.17) is 0 Å². The number of amides is 1. The van der Waals surface area contributed by atoms with Gasteiger partial charge in [0.1, 0.15) is 0 Å². The minimum atomic E-state index is -1.87. The Morgan fingerprint density at radius 3 is 2.34 bits per heavy atom. The Kier molecular flexibility index (Phi) is 5.08. The minimum Gasteiger partial charge on any atom is -0.375 e. The third-order valence-electron chi connectivity index (χ3n) is 6.21. The van der Waals surface area contributed by atoms with E-state index in [0.29, 0.717) is 29.8 Å². The summed E-state index contributed by atoms with van der Waals surface area (Å²) >= 11 is 0. The molecule has 1 amide bonds. The lowest BCUT2D eigenvalue weighted by molar-refractivity contribution is -0.135. The molecule has 4 heteroatoms. The fourth-order valence-corrected chi connectivity index (χ4v) is 4.58. The first-order valence-electron chi connectivity index (χ1n) is 10.8. The number of fused-ring (bicyclic) bond motifs is 2. The van der Waals surface area contributed by atoms with Crippen molar-refractivity contribution in [2.45, 2.75) is 18.4 Å². The molecule has 1 heterocycles. The molecule has 0 bridgehead atoms. The second-order valence-electron chi connectivity index (χ2n) is 8.20.